The van der Waals surface area contributed by atoms with Crippen molar-refractivity contribution in [3.63, 3.8) is 0 Å². The van der Waals surface area contributed by atoms with Crippen molar-refractivity contribution >= 4 is 23.6 Å². The van der Waals surface area contributed by atoms with Crippen LogP contribution in [0.2, 0.25) is 5.02 Å². The minimum Gasteiger partial charge on any atom is -0.493 e. The number of methoxy groups -OCH3 is 2. The van der Waals surface area contributed by atoms with Gasteiger partial charge < -0.3 is 14.2 Å². The molecule has 4 nitrogen and oxygen atoms in total. The van der Waals surface area contributed by atoms with E-state index in [0.717, 1.165) is 16.7 Å². The van der Waals surface area contributed by atoms with Crippen LogP contribution in [0.1, 0.15) is 16.7 Å². The normalized spacial score (nSPS) is 10.7. The molecule has 0 radical (unpaired) electrons. The van der Waals surface area contributed by atoms with E-state index < -0.39 is 5.97 Å². The van der Waals surface area contributed by atoms with Crippen LogP contribution < -0.4 is 14.2 Å². The van der Waals surface area contributed by atoms with Crippen LogP contribution in [0.25, 0.3) is 6.08 Å². The van der Waals surface area contributed by atoms with Crippen LogP contribution in [0.5, 0.6) is 17.2 Å². The van der Waals surface area contributed by atoms with E-state index in [9.17, 15) is 4.79 Å². The first kappa shape index (κ1) is 17.9. The fourth-order valence-electron chi connectivity index (χ4n) is 2.24. The predicted octanol–water partition coefficient (Wildman–Crippen LogP) is 4.59. The summed E-state index contributed by atoms with van der Waals surface area (Å²) < 4.78 is 15.7. The summed E-state index contributed by atoms with van der Waals surface area (Å²) in [7, 11) is 3.13. The molecule has 0 unspecified atom stereocenters. The molecular weight excluding hydrogens is 328 g/mol. The van der Waals surface area contributed by atoms with Crippen molar-refractivity contribution in [1.82, 2.24) is 0 Å². The maximum Gasteiger partial charge on any atom is 0.336 e. The molecule has 0 N–H and O–H groups in total. The van der Waals surface area contributed by atoms with E-state index in [2.05, 4.69) is 0 Å². The van der Waals surface area contributed by atoms with Gasteiger partial charge in [0.15, 0.2) is 11.5 Å². The summed E-state index contributed by atoms with van der Waals surface area (Å²) in [6.07, 6.45) is 3.01. The third-order valence-corrected chi connectivity index (χ3v) is 4.04. The summed E-state index contributed by atoms with van der Waals surface area (Å²) in [6.45, 7) is 3.73. The fraction of sp³-hybridized carbons (Fsp3) is 0.211. The SMILES string of the molecule is COc1ccc(C=CC(=O)Oc2cc(C)c(Cl)c(C)c2)cc1OC. The zero-order chi connectivity index (χ0) is 17.7. The maximum absolute atomic E-state index is 12.0. The summed E-state index contributed by atoms with van der Waals surface area (Å²) in [5, 5.41) is 0.677. The minimum atomic E-state index is -0.467. The van der Waals surface area contributed by atoms with Gasteiger partial charge in [0, 0.05) is 11.1 Å². The Labute approximate surface area is 146 Å². The van der Waals surface area contributed by atoms with Gasteiger partial charge in [-0.1, -0.05) is 17.7 Å². The molecule has 0 fully saturated rings. The highest BCUT2D eigenvalue weighted by molar-refractivity contribution is 6.32. The smallest absolute Gasteiger partial charge is 0.336 e. The lowest BCUT2D eigenvalue weighted by Crippen LogP contribution is -2.04. The van der Waals surface area contributed by atoms with E-state index >= 15 is 0 Å². The van der Waals surface area contributed by atoms with Crippen LogP contribution in [0.4, 0.5) is 0 Å². The standard InChI is InChI=1S/C19H19ClO4/c1-12-9-15(10-13(2)19(12)20)24-18(21)8-6-14-5-7-16(22-3)17(11-14)23-4/h5-11H,1-4H3. The van der Waals surface area contributed by atoms with Crippen LogP contribution in [-0.4, -0.2) is 20.2 Å². The second-order valence-electron chi connectivity index (χ2n) is 5.24. The highest BCUT2D eigenvalue weighted by Crippen LogP contribution is 2.28. The van der Waals surface area contributed by atoms with Gasteiger partial charge in [-0.2, -0.15) is 0 Å². The quantitative estimate of drug-likeness (QED) is 0.451. The molecular formula is C19H19ClO4. The third kappa shape index (κ3) is 4.30. The second kappa shape index (κ2) is 7.88. The Morgan fingerprint density at radius 3 is 2.21 bits per heavy atom. The van der Waals surface area contributed by atoms with Crippen molar-refractivity contribution < 1.29 is 19.0 Å². The van der Waals surface area contributed by atoms with Gasteiger partial charge in [-0.25, -0.2) is 4.79 Å². The molecule has 24 heavy (non-hydrogen) atoms. The van der Waals surface area contributed by atoms with E-state index in [0.29, 0.717) is 22.3 Å². The number of aryl methyl sites for hydroxylation is 2. The topological polar surface area (TPSA) is 44.8 Å². The van der Waals surface area contributed by atoms with Gasteiger partial charge in [0.05, 0.1) is 14.2 Å². The van der Waals surface area contributed by atoms with Gasteiger partial charge in [-0.3, -0.25) is 0 Å². The molecule has 5 heteroatoms. The Kier molecular flexibility index (Phi) is 5.88. The van der Waals surface area contributed by atoms with Gasteiger partial charge in [0.25, 0.3) is 0 Å². The zero-order valence-corrected chi connectivity index (χ0v) is 14.8. The van der Waals surface area contributed by atoms with Crippen molar-refractivity contribution in [2.45, 2.75) is 13.8 Å². The van der Waals surface area contributed by atoms with Gasteiger partial charge in [0.2, 0.25) is 0 Å². The number of carbonyl (C=O) groups excluding carboxylic acids is 1. The number of halogens is 1. The average molecular weight is 347 g/mol. The van der Waals surface area contributed by atoms with E-state index in [1.54, 1.807) is 44.6 Å². The van der Waals surface area contributed by atoms with Crippen molar-refractivity contribution in [1.29, 1.82) is 0 Å². The molecule has 0 saturated heterocycles. The Hall–Kier alpha value is -2.46. The van der Waals surface area contributed by atoms with E-state index in [4.69, 9.17) is 25.8 Å². The number of hydrogen-bond donors (Lipinski definition) is 0. The van der Waals surface area contributed by atoms with Crippen LogP contribution in [-0.2, 0) is 4.79 Å². The van der Waals surface area contributed by atoms with Gasteiger partial charge >= 0.3 is 5.97 Å². The highest BCUT2D eigenvalue weighted by Gasteiger charge is 2.07. The zero-order valence-electron chi connectivity index (χ0n) is 14.1. The summed E-state index contributed by atoms with van der Waals surface area (Å²) in [6, 6.07) is 8.84. The first-order chi connectivity index (χ1) is 11.4. The summed E-state index contributed by atoms with van der Waals surface area (Å²) in [5.74, 6) is 1.23. The Bertz CT molecular complexity index is 758. The molecule has 0 bridgehead atoms. The second-order valence-corrected chi connectivity index (χ2v) is 5.62. The number of ether oxygens (including phenoxy) is 3. The molecule has 0 atom stereocenters. The van der Waals surface area contributed by atoms with Crippen LogP contribution in [0.3, 0.4) is 0 Å². The molecule has 2 rings (SSSR count). The molecule has 2 aromatic carbocycles. The molecule has 2 aromatic rings. The van der Waals surface area contributed by atoms with Crippen molar-refractivity contribution in [3.05, 3.63) is 58.1 Å². The molecule has 0 aliphatic heterocycles. The molecule has 0 spiro atoms. The summed E-state index contributed by atoms with van der Waals surface area (Å²) in [5.41, 5.74) is 2.53. The number of benzene rings is 2. The van der Waals surface area contributed by atoms with E-state index in [-0.39, 0.29) is 0 Å². The first-order valence-electron chi connectivity index (χ1n) is 7.33. The number of carbonyl (C=O) groups is 1. The summed E-state index contributed by atoms with van der Waals surface area (Å²) >= 11 is 6.10. The average Bonchev–Trinajstić information content (AvgIpc) is 2.57. The molecule has 0 aliphatic carbocycles. The maximum atomic E-state index is 12.0. The Morgan fingerprint density at radius 1 is 1.00 bits per heavy atom. The molecule has 0 heterocycles. The molecule has 126 valence electrons. The number of rotatable bonds is 5. The molecule has 0 aliphatic rings. The minimum absolute atomic E-state index is 0.467. The van der Waals surface area contributed by atoms with Crippen molar-refractivity contribution in [2.75, 3.05) is 14.2 Å². The van der Waals surface area contributed by atoms with Gasteiger partial charge in [0.1, 0.15) is 5.75 Å². The predicted molar refractivity (Wildman–Crippen MR) is 95.1 cm³/mol. The molecule has 0 saturated carbocycles. The van der Waals surface area contributed by atoms with Crippen LogP contribution in [0.15, 0.2) is 36.4 Å². The molecule has 0 amide bonds. The lowest BCUT2D eigenvalue weighted by atomic mass is 10.1. The largest absolute Gasteiger partial charge is 0.493 e. The third-order valence-electron chi connectivity index (χ3n) is 3.45. The Morgan fingerprint density at radius 2 is 1.62 bits per heavy atom. The van der Waals surface area contributed by atoms with Crippen LogP contribution >= 0.6 is 11.6 Å². The van der Waals surface area contributed by atoms with Crippen molar-refractivity contribution in [3.8, 4) is 17.2 Å². The van der Waals surface area contributed by atoms with E-state index in [1.807, 2.05) is 19.9 Å². The fourth-order valence-corrected chi connectivity index (χ4v) is 2.35. The first-order valence-corrected chi connectivity index (χ1v) is 7.71. The number of esters is 1. The Balaban J connectivity index is 2.11. The lowest BCUT2D eigenvalue weighted by molar-refractivity contribution is -0.128. The van der Waals surface area contributed by atoms with Crippen LogP contribution in [0, 0.1) is 13.8 Å². The highest BCUT2D eigenvalue weighted by atomic mass is 35.5. The van der Waals surface area contributed by atoms with E-state index in [1.165, 1.54) is 6.08 Å². The van der Waals surface area contributed by atoms with Crippen molar-refractivity contribution in [2.24, 2.45) is 0 Å². The van der Waals surface area contributed by atoms with Gasteiger partial charge in [-0.05, 0) is 60.9 Å². The molecule has 0 aromatic heterocycles. The number of hydrogen-bond acceptors (Lipinski definition) is 4. The lowest BCUT2D eigenvalue weighted by Gasteiger charge is -2.08. The van der Waals surface area contributed by atoms with Gasteiger partial charge in [-0.15, -0.1) is 0 Å². The summed E-state index contributed by atoms with van der Waals surface area (Å²) in [4.78, 5) is 12.0. The monoisotopic (exact) mass is 346 g/mol.